The minimum atomic E-state index is -4.36. The van der Waals surface area contributed by atoms with Gasteiger partial charge in [0.25, 0.3) is 5.91 Å². The molecule has 0 spiro atoms. The van der Waals surface area contributed by atoms with Crippen molar-refractivity contribution in [2.75, 3.05) is 18.4 Å². The Morgan fingerprint density at radius 3 is 2.68 bits per heavy atom. The number of carbonyl (C=O) groups is 1. The van der Waals surface area contributed by atoms with Gasteiger partial charge in [-0.05, 0) is 32.0 Å². The highest BCUT2D eigenvalue weighted by Crippen LogP contribution is 2.30. The zero-order valence-corrected chi connectivity index (χ0v) is 14.5. The summed E-state index contributed by atoms with van der Waals surface area (Å²) < 4.78 is 38.7. The van der Waals surface area contributed by atoms with E-state index in [-0.39, 0.29) is 28.5 Å². The van der Waals surface area contributed by atoms with E-state index in [0.717, 1.165) is 11.3 Å². The molecule has 2 aromatic rings. The number of nitrogens with one attached hydrogen (secondary N) is 2. The van der Waals surface area contributed by atoms with E-state index in [1.54, 1.807) is 23.1 Å². The molecule has 0 unspecified atom stereocenters. The molecule has 7 nitrogen and oxygen atoms in total. The van der Waals surface area contributed by atoms with Crippen LogP contribution in [0.15, 0.2) is 18.5 Å². The van der Waals surface area contributed by atoms with Crippen LogP contribution in [0.5, 0.6) is 0 Å². The van der Waals surface area contributed by atoms with Crippen LogP contribution in [0, 0.1) is 0 Å². The van der Waals surface area contributed by atoms with Crippen molar-refractivity contribution in [3.63, 3.8) is 0 Å². The molecule has 0 saturated carbocycles. The fourth-order valence-corrected chi connectivity index (χ4v) is 3.45. The topological polar surface area (TPSA) is 84.7 Å². The second-order valence-corrected chi connectivity index (χ2v) is 6.54. The number of carbonyl (C=O) groups excluding carboxylic acids is 1. The molecule has 0 aromatic carbocycles. The van der Waals surface area contributed by atoms with Crippen molar-refractivity contribution >= 4 is 34.8 Å². The van der Waals surface area contributed by atoms with Crippen LogP contribution in [-0.2, 0) is 16.8 Å². The number of halogens is 4. The lowest BCUT2D eigenvalue weighted by molar-refractivity contribution is -0.127. The molecule has 25 heavy (non-hydrogen) atoms. The van der Waals surface area contributed by atoms with Gasteiger partial charge in [-0.25, -0.2) is 0 Å². The minimum Gasteiger partial charge on any atom is -0.317 e. The van der Waals surface area contributed by atoms with Crippen LogP contribution in [0.3, 0.4) is 0 Å². The van der Waals surface area contributed by atoms with Crippen LogP contribution in [0.25, 0.3) is 0 Å². The van der Waals surface area contributed by atoms with Gasteiger partial charge in [-0.3, -0.25) is 14.8 Å². The van der Waals surface area contributed by atoms with Gasteiger partial charge in [0.15, 0.2) is 0 Å². The number of alkyl halides is 3. The number of nitrogens with zero attached hydrogens (tertiary/aromatic N) is 4. The number of hydrogen-bond donors (Lipinski definition) is 2. The Kier molecular flexibility index (Phi) is 6.01. The van der Waals surface area contributed by atoms with Crippen molar-refractivity contribution in [2.45, 2.75) is 31.0 Å². The molecule has 1 saturated heterocycles. The number of amides is 1. The fourth-order valence-electron chi connectivity index (χ4n) is 2.68. The first kappa shape index (κ1) is 19.6. The average Bonchev–Trinajstić information content (AvgIpc) is 3.18. The van der Waals surface area contributed by atoms with Crippen molar-refractivity contribution in [1.29, 1.82) is 0 Å². The van der Waals surface area contributed by atoms with Gasteiger partial charge in [0.05, 0.1) is 6.42 Å². The quantitative estimate of drug-likeness (QED) is 0.825. The van der Waals surface area contributed by atoms with Crippen molar-refractivity contribution in [2.24, 2.45) is 0 Å². The first-order valence-electron chi connectivity index (χ1n) is 7.30. The number of aromatic nitrogens is 4. The Morgan fingerprint density at radius 2 is 2.08 bits per heavy atom. The summed E-state index contributed by atoms with van der Waals surface area (Å²) in [4.78, 5) is 12.8. The van der Waals surface area contributed by atoms with Crippen molar-refractivity contribution in [3.05, 3.63) is 23.5 Å². The Bertz CT molecular complexity index is 699. The van der Waals surface area contributed by atoms with E-state index in [0.29, 0.717) is 25.9 Å². The zero-order chi connectivity index (χ0) is 17.2. The number of anilines is 1. The standard InChI is InChI=1S/C13H15F3N6OS.ClH/c14-13(15,16)8-9-20-21-11(24-9)19-10(23)12(2-5-17-6-3-12)22-7-1-4-18-22;/h1,4,7,17H,2-3,5-6,8H2,(H,19,21,23);1H. The summed E-state index contributed by atoms with van der Waals surface area (Å²) in [5.74, 6) is -0.345. The second-order valence-electron chi connectivity index (χ2n) is 5.48. The number of rotatable bonds is 4. The van der Waals surface area contributed by atoms with Gasteiger partial charge < -0.3 is 5.32 Å². The molecule has 0 atom stereocenters. The fraction of sp³-hybridized carbons (Fsp3) is 0.538. The first-order chi connectivity index (χ1) is 11.4. The largest absolute Gasteiger partial charge is 0.395 e. The highest BCUT2D eigenvalue weighted by molar-refractivity contribution is 7.15. The van der Waals surface area contributed by atoms with Crippen LogP contribution in [0.4, 0.5) is 18.3 Å². The Hall–Kier alpha value is -1.72. The van der Waals surface area contributed by atoms with E-state index >= 15 is 0 Å². The van der Waals surface area contributed by atoms with Crippen LogP contribution < -0.4 is 10.6 Å². The summed E-state index contributed by atoms with van der Waals surface area (Å²) in [5.41, 5.74) is -0.884. The van der Waals surface area contributed by atoms with Gasteiger partial charge in [-0.1, -0.05) is 11.3 Å². The second kappa shape index (κ2) is 7.67. The minimum absolute atomic E-state index is 0. The molecule has 12 heteroatoms. The molecule has 2 N–H and O–H groups in total. The lowest BCUT2D eigenvalue weighted by Gasteiger charge is -2.36. The maximum absolute atomic E-state index is 12.8. The van der Waals surface area contributed by atoms with E-state index in [2.05, 4.69) is 25.9 Å². The smallest absolute Gasteiger partial charge is 0.317 e. The molecule has 0 aliphatic carbocycles. The number of hydrogen-bond acceptors (Lipinski definition) is 6. The van der Waals surface area contributed by atoms with Crippen LogP contribution >= 0.6 is 23.7 Å². The maximum atomic E-state index is 12.8. The maximum Gasteiger partial charge on any atom is 0.395 e. The Balaban J connectivity index is 0.00000225. The molecule has 1 fully saturated rings. The number of piperidine rings is 1. The summed E-state index contributed by atoms with van der Waals surface area (Å²) in [7, 11) is 0. The van der Waals surface area contributed by atoms with Crippen molar-refractivity contribution < 1.29 is 18.0 Å². The molecule has 1 aliphatic rings. The van der Waals surface area contributed by atoms with Crippen LogP contribution in [0.2, 0.25) is 0 Å². The third-order valence-corrected chi connectivity index (χ3v) is 4.67. The van der Waals surface area contributed by atoms with Crippen molar-refractivity contribution in [1.82, 2.24) is 25.3 Å². The highest BCUT2D eigenvalue weighted by Gasteiger charge is 2.42. The lowest BCUT2D eigenvalue weighted by atomic mass is 9.87. The molecule has 1 amide bonds. The summed E-state index contributed by atoms with van der Waals surface area (Å²) in [6.45, 7) is 1.28. The molecule has 2 aromatic heterocycles. The van der Waals surface area contributed by atoms with Gasteiger partial charge in [0.2, 0.25) is 5.13 Å². The monoisotopic (exact) mass is 396 g/mol. The van der Waals surface area contributed by atoms with Gasteiger partial charge in [-0.15, -0.1) is 22.6 Å². The predicted octanol–water partition coefficient (Wildman–Crippen LogP) is 1.98. The third kappa shape index (κ3) is 4.47. The van der Waals surface area contributed by atoms with E-state index in [1.807, 2.05) is 0 Å². The third-order valence-electron chi connectivity index (χ3n) is 3.84. The summed E-state index contributed by atoms with van der Waals surface area (Å²) in [5, 5.41) is 16.9. The summed E-state index contributed by atoms with van der Waals surface area (Å²) in [6.07, 6.45) is -1.17. The molecule has 138 valence electrons. The molecule has 1 aliphatic heterocycles. The molecule has 3 rings (SSSR count). The SMILES string of the molecule is Cl.O=C(Nc1nnc(CC(F)(F)F)s1)C1(n2cccn2)CCNCC1. The van der Waals surface area contributed by atoms with E-state index in [4.69, 9.17) is 0 Å². The molecular weight excluding hydrogens is 381 g/mol. The lowest BCUT2D eigenvalue weighted by Crippen LogP contribution is -2.52. The zero-order valence-electron chi connectivity index (χ0n) is 12.9. The van der Waals surface area contributed by atoms with E-state index < -0.39 is 18.1 Å². The summed E-state index contributed by atoms with van der Waals surface area (Å²) >= 11 is 0.729. The molecule has 0 radical (unpaired) electrons. The average molecular weight is 397 g/mol. The van der Waals surface area contributed by atoms with Gasteiger partial charge in [-0.2, -0.15) is 18.3 Å². The first-order valence-corrected chi connectivity index (χ1v) is 8.12. The Morgan fingerprint density at radius 1 is 1.36 bits per heavy atom. The normalized spacial score (nSPS) is 16.9. The van der Waals surface area contributed by atoms with Gasteiger partial charge >= 0.3 is 6.18 Å². The highest BCUT2D eigenvalue weighted by atomic mass is 35.5. The molecule has 3 heterocycles. The molecular formula is C13H16ClF3N6OS. The van der Waals surface area contributed by atoms with Gasteiger partial charge in [0, 0.05) is 12.4 Å². The van der Waals surface area contributed by atoms with Crippen LogP contribution in [-0.4, -0.2) is 45.2 Å². The predicted molar refractivity (Wildman–Crippen MR) is 87.9 cm³/mol. The van der Waals surface area contributed by atoms with E-state index in [1.165, 1.54) is 0 Å². The van der Waals surface area contributed by atoms with Gasteiger partial charge in [0.1, 0.15) is 10.5 Å². The van der Waals surface area contributed by atoms with E-state index in [9.17, 15) is 18.0 Å². The van der Waals surface area contributed by atoms with Crippen LogP contribution in [0.1, 0.15) is 17.8 Å². The summed E-state index contributed by atoms with van der Waals surface area (Å²) in [6, 6.07) is 1.73. The Labute approximate surface area is 151 Å². The molecule has 0 bridgehead atoms. The van der Waals surface area contributed by atoms with Crippen molar-refractivity contribution in [3.8, 4) is 0 Å².